The average molecular weight is 456 g/mol. The third kappa shape index (κ3) is 5.69. The summed E-state index contributed by atoms with van der Waals surface area (Å²) in [6.07, 6.45) is 4.21. The molecule has 1 aliphatic heterocycles. The molecular formula is C24H26FN3O3S. The molecule has 1 saturated heterocycles. The number of nitrogens with zero attached hydrogens (tertiary/aromatic N) is 1. The standard InChI is InChI=1S/C24H26FN3O3S/c25-18-9-7-17(8-10-18)24(30)26-11-12-28-15-22(20-5-1-2-6-21(20)28)32-16-23(29)27-14-19-4-3-13-31-19/h1-2,5-10,15,19H,3-4,11-14,16H2,(H,26,30)(H,27,29)/t19-/m0/s1. The van der Waals surface area contributed by atoms with Crippen LogP contribution in [0.5, 0.6) is 0 Å². The number of benzene rings is 2. The molecule has 1 aliphatic rings. The van der Waals surface area contributed by atoms with Crippen molar-refractivity contribution in [3.05, 3.63) is 66.1 Å². The van der Waals surface area contributed by atoms with Crippen molar-refractivity contribution < 1.29 is 18.7 Å². The monoisotopic (exact) mass is 455 g/mol. The van der Waals surface area contributed by atoms with Gasteiger partial charge >= 0.3 is 0 Å². The number of aromatic nitrogens is 1. The van der Waals surface area contributed by atoms with Crippen LogP contribution in [0.25, 0.3) is 10.9 Å². The van der Waals surface area contributed by atoms with E-state index in [0.29, 0.717) is 31.0 Å². The van der Waals surface area contributed by atoms with E-state index in [2.05, 4.69) is 15.2 Å². The largest absolute Gasteiger partial charge is 0.376 e. The molecule has 1 fully saturated rings. The van der Waals surface area contributed by atoms with Gasteiger partial charge in [-0.05, 0) is 43.2 Å². The number of amides is 2. The maximum Gasteiger partial charge on any atom is 0.251 e. The number of carbonyl (C=O) groups excluding carboxylic acids is 2. The first kappa shape index (κ1) is 22.4. The Kier molecular flexibility index (Phi) is 7.44. The lowest BCUT2D eigenvalue weighted by Gasteiger charge is -2.10. The number of ether oxygens (including phenoxy) is 1. The minimum absolute atomic E-state index is 0.00566. The van der Waals surface area contributed by atoms with Crippen molar-refractivity contribution in [3.63, 3.8) is 0 Å². The topological polar surface area (TPSA) is 72.4 Å². The maximum atomic E-state index is 13.0. The summed E-state index contributed by atoms with van der Waals surface area (Å²) in [5.74, 6) is -0.277. The van der Waals surface area contributed by atoms with Gasteiger partial charge < -0.3 is 19.9 Å². The predicted octanol–water partition coefficient (Wildman–Crippen LogP) is 3.60. The number of fused-ring (bicyclic) bond motifs is 1. The minimum atomic E-state index is -0.369. The van der Waals surface area contributed by atoms with Gasteiger partial charge in [0, 0.05) is 53.8 Å². The molecule has 8 heteroatoms. The first-order chi connectivity index (χ1) is 15.6. The summed E-state index contributed by atoms with van der Waals surface area (Å²) in [4.78, 5) is 25.5. The summed E-state index contributed by atoms with van der Waals surface area (Å²) in [5, 5.41) is 6.90. The van der Waals surface area contributed by atoms with Gasteiger partial charge in [0.15, 0.2) is 0 Å². The Balaban J connectivity index is 1.33. The van der Waals surface area contributed by atoms with Crippen LogP contribution in [0.15, 0.2) is 59.6 Å². The van der Waals surface area contributed by atoms with E-state index in [9.17, 15) is 14.0 Å². The van der Waals surface area contributed by atoms with Gasteiger partial charge in [0.05, 0.1) is 11.9 Å². The van der Waals surface area contributed by atoms with Gasteiger partial charge in [-0.25, -0.2) is 4.39 Å². The molecule has 32 heavy (non-hydrogen) atoms. The van der Waals surface area contributed by atoms with Gasteiger partial charge in [-0.15, -0.1) is 11.8 Å². The fourth-order valence-corrected chi connectivity index (χ4v) is 4.65. The zero-order valence-electron chi connectivity index (χ0n) is 17.7. The van der Waals surface area contributed by atoms with Crippen LogP contribution < -0.4 is 10.6 Å². The summed E-state index contributed by atoms with van der Waals surface area (Å²) in [5.41, 5.74) is 1.47. The van der Waals surface area contributed by atoms with Crippen molar-refractivity contribution in [3.8, 4) is 0 Å². The second-order valence-corrected chi connectivity index (χ2v) is 8.71. The Morgan fingerprint density at radius 3 is 2.72 bits per heavy atom. The van der Waals surface area contributed by atoms with E-state index in [1.54, 1.807) is 0 Å². The number of nitrogens with one attached hydrogen (secondary N) is 2. The van der Waals surface area contributed by atoms with Gasteiger partial charge in [-0.3, -0.25) is 9.59 Å². The molecule has 2 amide bonds. The lowest BCUT2D eigenvalue weighted by molar-refractivity contribution is -0.119. The molecule has 3 aromatic rings. The van der Waals surface area contributed by atoms with Crippen LogP contribution >= 0.6 is 11.8 Å². The van der Waals surface area contributed by atoms with E-state index in [1.807, 2.05) is 30.5 Å². The molecule has 0 spiro atoms. The molecule has 0 saturated carbocycles. The molecule has 168 valence electrons. The molecule has 0 bridgehead atoms. The van der Waals surface area contributed by atoms with Gasteiger partial charge in [-0.2, -0.15) is 0 Å². The Labute approximate surface area is 190 Å². The maximum absolute atomic E-state index is 13.0. The van der Waals surface area contributed by atoms with Crippen LogP contribution in [0, 0.1) is 5.82 Å². The van der Waals surface area contributed by atoms with E-state index in [1.165, 1.54) is 36.0 Å². The van der Waals surface area contributed by atoms with Crippen LogP contribution in [0.2, 0.25) is 0 Å². The Morgan fingerprint density at radius 1 is 1.12 bits per heavy atom. The quantitative estimate of drug-likeness (QED) is 0.484. The van der Waals surface area contributed by atoms with Crippen LogP contribution in [-0.4, -0.2) is 47.9 Å². The summed E-state index contributed by atoms with van der Waals surface area (Å²) < 4.78 is 20.7. The highest BCUT2D eigenvalue weighted by molar-refractivity contribution is 8.00. The lowest BCUT2D eigenvalue weighted by Crippen LogP contribution is -2.32. The van der Waals surface area contributed by atoms with Crippen molar-refractivity contribution in [1.82, 2.24) is 15.2 Å². The number of carbonyl (C=O) groups is 2. The van der Waals surface area contributed by atoms with E-state index >= 15 is 0 Å². The molecule has 2 aromatic carbocycles. The summed E-state index contributed by atoms with van der Waals surface area (Å²) in [7, 11) is 0. The first-order valence-corrected chi connectivity index (χ1v) is 11.7. The highest BCUT2D eigenvalue weighted by Crippen LogP contribution is 2.29. The molecule has 1 atom stereocenters. The van der Waals surface area contributed by atoms with Crippen molar-refractivity contribution >= 4 is 34.5 Å². The SMILES string of the molecule is O=C(CSc1cn(CCNC(=O)c2ccc(F)cc2)c2ccccc12)NC[C@@H]1CCCO1. The summed E-state index contributed by atoms with van der Waals surface area (Å²) >= 11 is 1.50. The number of thioether (sulfide) groups is 1. The Hall–Kier alpha value is -2.84. The predicted molar refractivity (Wildman–Crippen MR) is 123 cm³/mol. The summed E-state index contributed by atoms with van der Waals surface area (Å²) in [6, 6.07) is 13.5. The highest BCUT2D eigenvalue weighted by Gasteiger charge is 2.17. The first-order valence-electron chi connectivity index (χ1n) is 10.7. The molecule has 0 aliphatic carbocycles. The Morgan fingerprint density at radius 2 is 1.94 bits per heavy atom. The smallest absolute Gasteiger partial charge is 0.251 e. The van der Waals surface area contributed by atoms with E-state index in [4.69, 9.17) is 4.74 Å². The molecule has 0 unspecified atom stereocenters. The summed E-state index contributed by atoms with van der Waals surface area (Å²) in [6.45, 7) is 2.36. The fourth-order valence-electron chi connectivity index (χ4n) is 3.73. The third-order valence-corrected chi connectivity index (χ3v) is 6.45. The molecule has 6 nitrogen and oxygen atoms in total. The minimum Gasteiger partial charge on any atom is -0.376 e. The molecular weight excluding hydrogens is 429 g/mol. The fraction of sp³-hybridized carbons (Fsp3) is 0.333. The number of hydrogen-bond donors (Lipinski definition) is 2. The van der Waals surface area contributed by atoms with Crippen molar-refractivity contribution in [2.45, 2.75) is 30.4 Å². The van der Waals surface area contributed by atoms with Crippen LogP contribution in [0.1, 0.15) is 23.2 Å². The van der Waals surface area contributed by atoms with Gasteiger partial charge in [0.1, 0.15) is 5.82 Å². The average Bonchev–Trinajstić information content (AvgIpc) is 3.45. The highest BCUT2D eigenvalue weighted by atomic mass is 32.2. The van der Waals surface area contributed by atoms with Crippen LogP contribution in [-0.2, 0) is 16.1 Å². The molecule has 1 aromatic heterocycles. The third-order valence-electron chi connectivity index (χ3n) is 5.41. The van der Waals surface area contributed by atoms with Crippen LogP contribution in [0.4, 0.5) is 4.39 Å². The zero-order valence-corrected chi connectivity index (χ0v) is 18.5. The van der Waals surface area contributed by atoms with E-state index in [0.717, 1.165) is 35.2 Å². The van der Waals surface area contributed by atoms with Crippen molar-refractivity contribution in [1.29, 1.82) is 0 Å². The number of halogens is 1. The van der Waals surface area contributed by atoms with Gasteiger partial charge in [0.2, 0.25) is 5.91 Å². The Bertz CT molecular complexity index is 1080. The van der Waals surface area contributed by atoms with Crippen molar-refractivity contribution in [2.24, 2.45) is 0 Å². The van der Waals surface area contributed by atoms with E-state index in [-0.39, 0.29) is 23.7 Å². The van der Waals surface area contributed by atoms with Crippen LogP contribution in [0.3, 0.4) is 0 Å². The molecule has 2 heterocycles. The van der Waals surface area contributed by atoms with Gasteiger partial charge in [-0.1, -0.05) is 18.2 Å². The number of hydrogen-bond acceptors (Lipinski definition) is 4. The number of para-hydroxylation sites is 1. The normalized spacial score (nSPS) is 15.7. The second-order valence-electron chi connectivity index (χ2n) is 7.69. The zero-order chi connectivity index (χ0) is 22.3. The van der Waals surface area contributed by atoms with E-state index < -0.39 is 0 Å². The van der Waals surface area contributed by atoms with Crippen molar-refractivity contribution in [2.75, 3.05) is 25.4 Å². The lowest BCUT2D eigenvalue weighted by atomic mass is 10.2. The molecule has 2 N–H and O–H groups in total. The second kappa shape index (κ2) is 10.7. The molecule has 0 radical (unpaired) electrons. The number of rotatable bonds is 9. The van der Waals surface area contributed by atoms with Gasteiger partial charge in [0.25, 0.3) is 5.91 Å². The molecule has 4 rings (SSSR count).